The van der Waals surface area contributed by atoms with E-state index in [9.17, 15) is 9.18 Å². The molecule has 2 aromatic rings. The van der Waals surface area contributed by atoms with Crippen molar-refractivity contribution in [2.75, 3.05) is 5.32 Å². The molecule has 0 saturated heterocycles. The first kappa shape index (κ1) is 13.0. The second-order valence-electron chi connectivity index (χ2n) is 3.92. The maximum Gasteiger partial charge on any atom is 0.255 e. The van der Waals surface area contributed by atoms with Crippen molar-refractivity contribution >= 4 is 34.2 Å². The predicted molar refractivity (Wildman–Crippen MR) is 78.2 cm³/mol. The molecule has 0 bridgehead atoms. The molecule has 18 heavy (non-hydrogen) atoms. The molecule has 92 valence electrons. The highest BCUT2D eigenvalue weighted by Gasteiger charge is 2.09. The Balaban J connectivity index is 2.19. The van der Waals surface area contributed by atoms with Gasteiger partial charge in [0.25, 0.3) is 5.91 Å². The fourth-order valence-corrected chi connectivity index (χ4v) is 1.97. The van der Waals surface area contributed by atoms with Crippen LogP contribution in [0.4, 0.5) is 10.1 Å². The van der Waals surface area contributed by atoms with Gasteiger partial charge in [0.1, 0.15) is 5.82 Å². The Hall–Kier alpha value is -1.43. The van der Waals surface area contributed by atoms with Gasteiger partial charge in [-0.1, -0.05) is 0 Å². The van der Waals surface area contributed by atoms with Crippen molar-refractivity contribution in [3.63, 3.8) is 0 Å². The highest BCUT2D eigenvalue weighted by atomic mass is 127. The second-order valence-corrected chi connectivity index (χ2v) is 5.17. The van der Waals surface area contributed by atoms with E-state index < -0.39 is 0 Å². The van der Waals surface area contributed by atoms with Crippen molar-refractivity contribution in [3.05, 3.63) is 63.0 Å². The first-order chi connectivity index (χ1) is 8.56. The summed E-state index contributed by atoms with van der Waals surface area (Å²) in [6.45, 7) is 1.71. The number of nitrogens with one attached hydrogen (secondary N) is 1. The van der Waals surface area contributed by atoms with Crippen molar-refractivity contribution in [2.24, 2.45) is 0 Å². The Morgan fingerprint density at radius 3 is 2.44 bits per heavy atom. The Morgan fingerprint density at radius 2 is 1.83 bits per heavy atom. The molecule has 0 unspecified atom stereocenters. The summed E-state index contributed by atoms with van der Waals surface area (Å²) in [5.74, 6) is -0.563. The van der Waals surface area contributed by atoms with Crippen LogP contribution in [-0.4, -0.2) is 5.91 Å². The third-order valence-corrected chi connectivity index (χ3v) is 3.25. The number of hydrogen-bond donors (Lipinski definition) is 1. The Morgan fingerprint density at radius 1 is 1.17 bits per heavy atom. The molecular weight excluding hydrogens is 344 g/mol. The monoisotopic (exact) mass is 355 g/mol. The second kappa shape index (κ2) is 5.48. The number of carbonyl (C=O) groups excluding carboxylic acids is 1. The molecule has 0 fully saturated rings. The molecule has 0 spiro atoms. The molecule has 0 aromatic heterocycles. The van der Waals surface area contributed by atoms with E-state index in [0.717, 1.165) is 9.26 Å². The lowest BCUT2D eigenvalue weighted by molar-refractivity contribution is 0.102. The minimum absolute atomic E-state index is 0.228. The zero-order valence-corrected chi connectivity index (χ0v) is 11.9. The van der Waals surface area contributed by atoms with Crippen LogP contribution in [0.1, 0.15) is 15.9 Å². The van der Waals surface area contributed by atoms with Gasteiger partial charge in [-0.05, 0) is 77.5 Å². The predicted octanol–water partition coefficient (Wildman–Crippen LogP) is 3.99. The highest BCUT2D eigenvalue weighted by Crippen LogP contribution is 2.15. The summed E-state index contributed by atoms with van der Waals surface area (Å²) in [5, 5.41) is 2.78. The van der Waals surface area contributed by atoms with E-state index in [2.05, 4.69) is 27.9 Å². The molecular formula is C14H11FINO. The average molecular weight is 355 g/mol. The number of anilines is 1. The number of hydrogen-bond acceptors (Lipinski definition) is 1. The molecule has 1 N–H and O–H groups in total. The number of amides is 1. The summed E-state index contributed by atoms with van der Waals surface area (Å²) in [7, 11) is 0. The highest BCUT2D eigenvalue weighted by molar-refractivity contribution is 14.1. The van der Waals surface area contributed by atoms with Gasteiger partial charge in [0.15, 0.2) is 0 Å². The molecule has 0 heterocycles. The van der Waals surface area contributed by atoms with E-state index in [-0.39, 0.29) is 11.7 Å². The van der Waals surface area contributed by atoms with Gasteiger partial charge in [0.2, 0.25) is 0 Å². The summed E-state index contributed by atoms with van der Waals surface area (Å²) >= 11 is 2.20. The van der Waals surface area contributed by atoms with E-state index in [0.29, 0.717) is 11.1 Å². The van der Waals surface area contributed by atoms with Crippen LogP contribution in [0.3, 0.4) is 0 Å². The van der Waals surface area contributed by atoms with Crippen LogP contribution >= 0.6 is 22.6 Å². The maximum atomic E-state index is 12.9. The zero-order valence-electron chi connectivity index (χ0n) is 9.71. The van der Waals surface area contributed by atoms with Gasteiger partial charge < -0.3 is 5.32 Å². The van der Waals surface area contributed by atoms with Crippen LogP contribution in [0.2, 0.25) is 0 Å². The molecule has 0 saturated carbocycles. The third-order valence-electron chi connectivity index (χ3n) is 2.54. The van der Waals surface area contributed by atoms with Gasteiger partial charge in [0, 0.05) is 14.8 Å². The normalized spacial score (nSPS) is 10.2. The molecule has 0 aliphatic carbocycles. The number of halogens is 2. The maximum absolute atomic E-state index is 12.9. The topological polar surface area (TPSA) is 29.1 Å². The largest absolute Gasteiger partial charge is 0.322 e. The van der Waals surface area contributed by atoms with E-state index >= 15 is 0 Å². The van der Waals surface area contributed by atoms with Gasteiger partial charge in [-0.2, -0.15) is 0 Å². The lowest BCUT2D eigenvalue weighted by Crippen LogP contribution is -2.13. The van der Waals surface area contributed by atoms with Gasteiger partial charge in [-0.15, -0.1) is 0 Å². The summed E-state index contributed by atoms with van der Waals surface area (Å²) in [5.41, 5.74) is 1.83. The van der Waals surface area contributed by atoms with Crippen LogP contribution in [0, 0.1) is 16.3 Å². The summed E-state index contributed by atoms with van der Waals surface area (Å²) < 4.78 is 14.1. The molecule has 0 radical (unpaired) electrons. The summed E-state index contributed by atoms with van der Waals surface area (Å²) in [6, 6.07) is 11.6. The minimum Gasteiger partial charge on any atom is -0.322 e. The van der Waals surface area contributed by atoms with Gasteiger partial charge in [-0.25, -0.2) is 4.39 Å². The van der Waals surface area contributed by atoms with Gasteiger partial charge in [-0.3, -0.25) is 4.79 Å². The molecule has 0 aliphatic heterocycles. The summed E-state index contributed by atoms with van der Waals surface area (Å²) in [4.78, 5) is 12.0. The molecule has 2 nitrogen and oxygen atoms in total. The van der Waals surface area contributed by atoms with E-state index in [1.807, 2.05) is 24.3 Å². The SMILES string of the molecule is Cc1cc(F)ccc1C(=O)Nc1ccc(I)cc1. The lowest BCUT2D eigenvalue weighted by atomic mass is 10.1. The van der Waals surface area contributed by atoms with Crippen molar-refractivity contribution < 1.29 is 9.18 Å². The molecule has 2 rings (SSSR count). The standard InChI is InChI=1S/C14H11FINO/c1-9-8-10(15)2-7-13(9)14(18)17-12-5-3-11(16)4-6-12/h2-8H,1H3,(H,17,18). The number of benzene rings is 2. The van der Waals surface area contributed by atoms with Crippen LogP contribution in [0.15, 0.2) is 42.5 Å². The number of carbonyl (C=O) groups is 1. The van der Waals surface area contributed by atoms with E-state index in [4.69, 9.17) is 0 Å². The van der Waals surface area contributed by atoms with Gasteiger partial charge >= 0.3 is 0 Å². The first-order valence-electron chi connectivity index (χ1n) is 5.39. The fourth-order valence-electron chi connectivity index (χ4n) is 1.61. The average Bonchev–Trinajstić information content (AvgIpc) is 2.32. The van der Waals surface area contributed by atoms with Gasteiger partial charge in [0.05, 0.1) is 0 Å². The van der Waals surface area contributed by atoms with E-state index in [1.165, 1.54) is 18.2 Å². The zero-order chi connectivity index (χ0) is 13.1. The van der Waals surface area contributed by atoms with Crippen molar-refractivity contribution in [3.8, 4) is 0 Å². The van der Waals surface area contributed by atoms with Crippen molar-refractivity contribution in [1.29, 1.82) is 0 Å². The van der Waals surface area contributed by atoms with Crippen LogP contribution < -0.4 is 5.32 Å². The molecule has 2 aromatic carbocycles. The fraction of sp³-hybridized carbons (Fsp3) is 0.0714. The van der Waals surface area contributed by atoms with Crippen molar-refractivity contribution in [2.45, 2.75) is 6.92 Å². The summed E-state index contributed by atoms with van der Waals surface area (Å²) in [6.07, 6.45) is 0. The quantitative estimate of drug-likeness (QED) is 0.811. The number of aryl methyl sites for hydroxylation is 1. The number of rotatable bonds is 2. The smallest absolute Gasteiger partial charge is 0.255 e. The Kier molecular flexibility index (Phi) is 3.96. The van der Waals surface area contributed by atoms with Crippen LogP contribution in [0.5, 0.6) is 0 Å². The van der Waals surface area contributed by atoms with Crippen LogP contribution in [-0.2, 0) is 0 Å². The Bertz CT molecular complexity index is 581. The molecule has 4 heteroatoms. The van der Waals surface area contributed by atoms with Crippen molar-refractivity contribution in [1.82, 2.24) is 0 Å². The van der Waals surface area contributed by atoms with E-state index in [1.54, 1.807) is 6.92 Å². The van der Waals surface area contributed by atoms with Crippen LogP contribution in [0.25, 0.3) is 0 Å². The Labute approximate surface area is 118 Å². The minimum atomic E-state index is -0.335. The molecule has 1 amide bonds. The third kappa shape index (κ3) is 3.07. The lowest BCUT2D eigenvalue weighted by Gasteiger charge is -2.07. The first-order valence-corrected chi connectivity index (χ1v) is 6.47. The molecule has 0 aliphatic rings. The molecule has 0 atom stereocenters.